The van der Waals surface area contributed by atoms with Gasteiger partial charge < -0.3 is 18.8 Å². The van der Waals surface area contributed by atoms with Crippen molar-refractivity contribution in [3.05, 3.63) is 255 Å². The van der Waals surface area contributed by atoms with Crippen LogP contribution in [0.3, 0.4) is 0 Å². The molecule has 552 valence electrons. The minimum Gasteiger partial charge on any atom is -0.494 e. The second kappa shape index (κ2) is 34.2. The van der Waals surface area contributed by atoms with Gasteiger partial charge in [-0.25, -0.2) is 31.8 Å². The zero-order valence-electron chi connectivity index (χ0n) is 66.5. The molecule has 11 aromatic heterocycles. The minimum absolute atomic E-state index is 0.00817. The molecule has 1 aromatic carbocycles. The van der Waals surface area contributed by atoms with Gasteiger partial charge in [0.2, 0.25) is 5.88 Å². The van der Waals surface area contributed by atoms with Crippen LogP contribution >= 0.6 is 0 Å². The van der Waals surface area contributed by atoms with E-state index in [2.05, 4.69) is 197 Å². The molecule has 0 amide bonds. The number of hydrogen-bond acceptors (Lipinski definition) is 10. The number of methoxy groups -OCH3 is 2. The van der Waals surface area contributed by atoms with Crippen molar-refractivity contribution in [2.24, 2.45) is 7.05 Å². The molecule has 12 heterocycles. The van der Waals surface area contributed by atoms with Gasteiger partial charge in [0.05, 0.1) is 37.6 Å². The topological polar surface area (TPSA) is 145 Å². The van der Waals surface area contributed by atoms with Crippen LogP contribution < -0.4 is 19.8 Å². The summed E-state index contributed by atoms with van der Waals surface area (Å²) in [6, 6.07) is 43.3. The maximum absolute atomic E-state index is 14.0. The molecule has 0 spiro atoms. The predicted octanol–water partition coefficient (Wildman–Crippen LogP) is 20.6. The Morgan fingerprint density at radius 1 is 0.505 bits per heavy atom. The fourth-order valence-corrected chi connectivity index (χ4v) is 11.3. The third kappa shape index (κ3) is 22.0. The van der Waals surface area contributed by atoms with Crippen LogP contribution in [0, 0.1) is 12.7 Å². The first-order valence-electron chi connectivity index (χ1n) is 35.5. The van der Waals surface area contributed by atoms with E-state index in [1.807, 2.05) is 153 Å². The van der Waals surface area contributed by atoms with Gasteiger partial charge in [0.25, 0.3) is 5.56 Å². The smallest absolute Gasteiger partial charge is 0.253 e. The number of pyridine rings is 7. The number of ether oxygens (including phenoxy) is 3. The molecule has 1 aliphatic rings. The Labute approximate surface area is 611 Å². The molecule has 1 unspecified atom stereocenters. The maximum Gasteiger partial charge on any atom is 0.253 e. The van der Waals surface area contributed by atoms with Crippen molar-refractivity contribution in [1.29, 1.82) is 0 Å². The van der Waals surface area contributed by atoms with Crippen molar-refractivity contribution in [3.8, 4) is 17.4 Å². The summed E-state index contributed by atoms with van der Waals surface area (Å²) in [5.41, 5.74) is 14.0. The van der Waals surface area contributed by atoms with Crippen molar-refractivity contribution in [1.82, 2.24) is 53.0 Å². The fraction of sp³-hybridized carbons (Fsp3) is 0.430. The average Bonchev–Trinajstić information content (AvgIpc) is 1.64. The summed E-state index contributed by atoms with van der Waals surface area (Å²) >= 11 is 0. The minimum atomic E-state index is -1.34. The zero-order valence-corrected chi connectivity index (χ0v) is 66.5. The molecule has 0 N–H and O–H groups in total. The number of aryl methyl sites for hydroxylation is 2. The highest BCUT2D eigenvalue weighted by molar-refractivity contribution is 5.65. The van der Waals surface area contributed by atoms with Crippen LogP contribution in [-0.4, -0.2) is 73.8 Å². The van der Waals surface area contributed by atoms with Gasteiger partial charge in [0, 0.05) is 111 Å². The molecular formula is C86H115F2N11O4. The van der Waals surface area contributed by atoms with E-state index >= 15 is 0 Å². The molecule has 17 heteroatoms. The van der Waals surface area contributed by atoms with Crippen LogP contribution in [-0.2, 0) is 45.2 Å². The SMILES string of the molecule is CC(C)(C)c1cccc2c1OCC2(C)F.CC(C)(C)c1cccc2ccnn12.CC(C)(C)c1cccc2ccnn12.CC(C)c1cnn2cccc(F)c12.COc1cccn2ncc(C(C)C)c12.COc1ncccc1C(C)(C)C.Cc1cccc(C(C)(C)C)n1.Cn1cccc(C(C)(C)C)c1=O. The Kier molecular flexibility index (Phi) is 27.4. The van der Waals surface area contributed by atoms with E-state index in [1.165, 1.54) is 23.0 Å². The lowest BCUT2D eigenvalue weighted by atomic mass is 9.84. The quantitative estimate of drug-likeness (QED) is 0.167. The molecule has 0 saturated carbocycles. The fourth-order valence-electron chi connectivity index (χ4n) is 11.3. The van der Waals surface area contributed by atoms with Gasteiger partial charge in [-0.2, -0.15) is 20.4 Å². The molecule has 0 bridgehead atoms. The van der Waals surface area contributed by atoms with Gasteiger partial charge in [0.15, 0.2) is 5.67 Å². The van der Waals surface area contributed by atoms with E-state index < -0.39 is 5.67 Å². The normalized spacial score (nSPS) is 13.6. The number of rotatable bonds is 4. The Morgan fingerprint density at radius 3 is 1.44 bits per heavy atom. The molecule has 12 aromatic rings. The summed E-state index contributed by atoms with van der Waals surface area (Å²) in [4.78, 5) is 20.2. The number of para-hydroxylation sites is 1. The average molecular weight is 1400 g/mol. The molecule has 1 atom stereocenters. The number of aromatic nitrogens is 11. The molecule has 1 aliphatic heterocycles. The highest BCUT2D eigenvalue weighted by atomic mass is 19.1. The molecule has 103 heavy (non-hydrogen) atoms. The zero-order chi connectivity index (χ0) is 76.8. The number of fused-ring (bicyclic) bond motifs is 5. The van der Waals surface area contributed by atoms with E-state index in [9.17, 15) is 13.6 Å². The Bertz CT molecular complexity index is 4650. The van der Waals surface area contributed by atoms with Gasteiger partial charge in [0.1, 0.15) is 35.0 Å². The van der Waals surface area contributed by atoms with Crippen molar-refractivity contribution >= 4 is 22.1 Å². The van der Waals surface area contributed by atoms with E-state index in [1.54, 1.807) is 68.1 Å². The first-order valence-corrected chi connectivity index (χ1v) is 35.5. The second-order valence-corrected chi connectivity index (χ2v) is 32.9. The number of alkyl halides is 1. The molecular weight excluding hydrogens is 1290 g/mol. The van der Waals surface area contributed by atoms with E-state index in [0.29, 0.717) is 22.9 Å². The van der Waals surface area contributed by atoms with Gasteiger partial charge in [-0.05, 0) is 132 Å². The molecule has 0 aliphatic carbocycles. The third-order valence-electron chi connectivity index (χ3n) is 17.1. The number of nitrogens with zero attached hydrogens (tertiary/aromatic N) is 11. The Hall–Kier alpha value is -9.51. The summed E-state index contributed by atoms with van der Waals surface area (Å²) in [6.07, 6.45) is 14.5. The summed E-state index contributed by atoms with van der Waals surface area (Å²) in [7, 11) is 5.11. The highest BCUT2D eigenvalue weighted by Gasteiger charge is 2.39. The lowest BCUT2D eigenvalue weighted by Crippen LogP contribution is -2.28. The van der Waals surface area contributed by atoms with Crippen molar-refractivity contribution < 1.29 is 23.0 Å². The Morgan fingerprint density at radius 2 is 0.981 bits per heavy atom. The van der Waals surface area contributed by atoms with Crippen LogP contribution in [0.2, 0.25) is 0 Å². The summed E-state index contributed by atoms with van der Waals surface area (Å²) in [6.45, 7) is 50.7. The monoisotopic (exact) mass is 1400 g/mol. The number of benzene rings is 1. The Balaban J connectivity index is 0.000000185. The van der Waals surface area contributed by atoms with Crippen LogP contribution in [0.5, 0.6) is 17.4 Å². The maximum atomic E-state index is 14.0. The van der Waals surface area contributed by atoms with Crippen molar-refractivity contribution in [2.45, 2.75) is 216 Å². The summed E-state index contributed by atoms with van der Waals surface area (Å²) < 4.78 is 52.4. The van der Waals surface area contributed by atoms with Crippen LogP contribution in [0.4, 0.5) is 8.78 Å². The van der Waals surface area contributed by atoms with Gasteiger partial charge in [-0.1, -0.05) is 201 Å². The first-order chi connectivity index (χ1) is 47.9. The number of halogens is 2. The molecule has 13 rings (SSSR count). The van der Waals surface area contributed by atoms with E-state index in [4.69, 9.17) is 14.2 Å². The second-order valence-electron chi connectivity index (χ2n) is 32.9. The molecule has 15 nitrogen and oxygen atoms in total. The summed E-state index contributed by atoms with van der Waals surface area (Å²) in [5.74, 6) is 2.91. The van der Waals surface area contributed by atoms with E-state index in [-0.39, 0.29) is 50.5 Å². The molecule has 0 fully saturated rings. The van der Waals surface area contributed by atoms with Crippen LogP contribution in [0.15, 0.2) is 188 Å². The van der Waals surface area contributed by atoms with Crippen molar-refractivity contribution in [3.63, 3.8) is 0 Å². The highest BCUT2D eigenvalue weighted by Crippen LogP contribution is 2.45. The third-order valence-corrected chi connectivity index (χ3v) is 17.1. The van der Waals surface area contributed by atoms with Gasteiger partial charge in [-0.3, -0.25) is 9.78 Å². The predicted molar refractivity (Wildman–Crippen MR) is 419 cm³/mol. The lowest BCUT2D eigenvalue weighted by Gasteiger charge is -2.21. The van der Waals surface area contributed by atoms with Gasteiger partial charge in [-0.15, -0.1) is 0 Å². The van der Waals surface area contributed by atoms with Crippen molar-refractivity contribution in [2.75, 3.05) is 20.8 Å². The number of hydrogen-bond donors (Lipinski definition) is 0. The lowest BCUT2D eigenvalue weighted by molar-refractivity contribution is 0.140. The standard InChI is InChI=1S/C13H17FO.C11H14N2O.2C11H14N2.C10H11FN2.2C10H15NO.C10H15N/c1-12(2,3)9-6-5-7-10-11(9)15-8-13(10,4)14;1-8(2)9-7-12-13-6-4-5-10(14-3)11(9)13;2*1-11(2,3)10-6-4-5-9-7-8-12-13(9)10;1-7(2)8-6-12-13-5-3-4-9(11)10(8)13;1-10(2,3)8-6-5-7-11-9(8)12-4;1-10(2,3)8-6-5-7-11(4)9(8)12;1-8-6-5-7-9(11-8)10(2,3)4/h5-7H,8H2,1-4H3;4-8H,1-3H3;2*4-8H,1-3H3;3-7H,1-2H3;2*5-7H,1-4H3;5-7H,1-4H3. The van der Waals surface area contributed by atoms with Gasteiger partial charge >= 0.3 is 0 Å². The summed E-state index contributed by atoms with van der Waals surface area (Å²) in [5, 5.41) is 17.0. The largest absolute Gasteiger partial charge is 0.494 e. The molecule has 0 radical (unpaired) electrons. The van der Waals surface area contributed by atoms with E-state index in [0.717, 1.165) is 67.6 Å². The van der Waals surface area contributed by atoms with Crippen LogP contribution in [0.25, 0.3) is 22.1 Å². The first kappa shape index (κ1) is 82.4. The molecule has 0 saturated heterocycles. The van der Waals surface area contributed by atoms with Crippen LogP contribution in [0.1, 0.15) is 227 Å².